The van der Waals surface area contributed by atoms with Gasteiger partial charge in [-0.15, -0.1) is 0 Å². The van der Waals surface area contributed by atoms with Crippen molar-refractivity contribution >= 4 is 27.1 Å². The van der Waals surface area contributed by atoms with Gasteiger partial charge in [-0.05, 0) is 67.9 Å². The van der Waals surface area contributed by atoms with Crippen molar-refractivity contribution in [2.24, 2.45) is 0 Å². The molecule has 0 aliphatic carbocycles. The number of aryl methyl sites for hydroxylation is 2. The second-order valence-corrected chi connectivity index (χ2v) is 7.67. The Morgan fingerprint density at radius 1 is 0.680 bits per heavy atom. The summed E-state index contributed by atoms with van der Waals surface area (Å²) >= 11 is 0. The SMILES string of the molecule is Cc1ccc(S(=O)(=O)Nc2ccc(Nc3cccc(C)c3)cc2)cc1. The lowest BCUT2D eigenvalue weighted by molar-refractivity contribution is 0.601. The zero-order valence-electron chi connectivity index (χ0n) is 14.2. The average molecular weight is 352 g/mol. The van der Waals surface area contributed by atoms with E-state index in [4.69, 9.17) is 0 Å². The van der Waals surface area contributed by atoms with E-state index in [1.54, 1.807) is 36.4 Å². The summed E-state index contributed by atoms with van der Waals surface area (Å²) in [4.78, 5) is 0.250. The van der Waals surface area contributed by atoms with Crippen LogP contribution in [0, 0.1) is 13.8 Å². The Morgan fingerprint density at radius 2 is 1.32 bits per heavy atom. The van der Waals surface area contributed by atoms with E-state index in [0.29, 0.717) is 5.69 Å². The molecule has 128 valence electrons. The molecule has 0 aliphatic heterocycles. The summed E-state index contributed by atoms with van der Waals surface area (Å²) in [5, 5.41) is 3.30. The van der Waals surface area contributed by atoms with E-state index in [2.05, 4.69) is 10.0 Å². The monoisotopic (exact) mass is 352 g/mol. The fraction of sp³-hybridized carbons (Fsp3) is 0.100. The Labute approximate surface area is 148 Å². The van der Waals surface area contributed by atoms with Crippen LogP contribution < -0.4 is 10.0 Å². The van der Waals surface area contributed by atoms with Crippen LogP contribution in [0.3, 0.4) is 0 Å². The summed E-state index contributed by atoms with van der Waals surface area (Å²) < 4.78 is 27.4. The van der Waals surface area contributed by atoms with Crippen molar-refractivity contribution in [3.05, 3.63) is 83.9 Å². The first kappa shape index (κ1) is 17.0. The fourth-order valence-corrected chi connectivity index (χ4v) is 3.50. The van der Waals surface area contributed by atoms with Crippen LogP contribution in [0.15, 0.2) is 77.7 Å². The summed E-state index contributed by atoms with van der Waals surface area (Å²) in [7, 11) is -3.58. The lowest BCUT2D eigenvalue weighted by Gasteiger charge is -2.10. The molecule has 0 aromatic heterocycles. The van der Waals surface area contributed by atoms with Crippen LogP contribution >= 0.6 is 0 Å². The molecule has 3 aromatic carbocycles. The molecule has 2 N–H and O–H groups in total. The zero-order chi connectivity index (χ0) is 17.9. The van der Waals surface area contributed by atoms with Gasteiger partial charge in [-0.25, -0.2) is 8.42 Å². The van der Waals surface area contributed by atoms with Crippen LogP contribution in [0.2, 0.25) is 0 Å². The topological polar surface area (TPSA) is 58.2 Å². The zero-order valence-corrected chi connectivity index (χ0v) is 15.0. The molecule has 0 heterocycles. The third-order valence-electron chi connectivity index (χ3n) is 3.78. The summed E-state index contributed by atoms with van der Waals surface area (Å²) in [6, 6.07) is 22.0. The fourth-order valence-electron chi connectivity index (χ4n) is 2.44. The Kier molecular flexibility index (Phi) is 4.76. The molecule has 4 nitrogen and oxygen atoms in total. The number of sulfonamides is 1. The maximum absolute atomic E-state index is 12.4. The van der Waals surface area contributed by atoms with Gasteiger partial charge in [0.15, 0.2) is 0 Å². The molecule has 0 amide bonds. The van der Waals surface area contributed by atoms with Crippen molar-refractivity contribution in [2.45, 2.75) is 18.7 Å². The molecule has 0 unspecified atom stereocenters. The molecule has 0 saturated heterocycles. The highest BCUT2D eigenvalue weighted by Crippen LogP contribution is 2.21. The van der Waals surface area contributed by atoms with Crippen molar-refractivity contribution in [1.29, 1.82) is 0 Å². The number of hydrogen-bond acceptors (Lipinski definition) is 3. The molecule has 0 saturated carbocycles. The van der Waals surface area contributed by atoms with Gasteiger partial charge in [0.25, 0.3) is 10.0 Å². The molecule has 3 rings (SSSR count). The summed E-state index contributed by atoms with van der Waals surface area (Å²) in [5.74, 6) is 0. The smallest absolute Gasteiger partial charge is 0.261 e. The van der Waals surface area contributed by atoms with E-state index in [1.807, 2.05) is 50.2 Å². The number of anilines is 3. The van der Waals surface area contributed by atoms with Crippen LogP contribution in [0.25, 0.3) is 0 Å². The van der Waals surface area contributed by atoms with Crippen molar-refractivity contribution in [3.63, 3.8) is 0 Å². The Morgan fingerprint density at radius 3 is 1.96 bits per heavy atom. The first-order valence-corrected chi connectivity index (χ1v) is 9.44. The number of benzene rings is 3. The normalized spacial score (nSPS) is 11.1. The predicted molar refractivity (Wildman–Crippen MR) is 103 cm³/mol. The molecular formula is C20H20N2O2S. The largest absolute Gasteiger partial charge is 0.356 e. The molecule has 0 radical (unpaired) electrons. The molecule has 0 aliphatic rings. The minimum Gasteiger partial charge on any atom is -0.356 e. The Hall–Kier alpha value is -2.79. The van der Waals surface area contributed by atoms with Crippen molar-refractivity contribution in [1.82, 2.24) is 0 Å². The third kappa shape index (κ3) is 4.39. The van der Waals surface area contributed by atoms with E-state index in [-0.39, 0.29) is 4.90 Å². The Bertz CT molecular complexity index is 963. The van der Waals surface area contributed by atoms with E-state index in [9.17, 15) is 8.42 Å². The van der Waals surface area contributed by atoms with E-state index >= 15 is 0 Å². The minimum atomic E-state index is -3.58. The second-order valence-electron chi connectivity index (χ2n) is 5.99. The molecular weight excluding hydrogens is 332 g/mol. The van der Waals surface area contributed by atoms with Gasteiger partial charge >= 0.3 is 0 Å². The molecule has 0 fully saturated rings. The van der Waals surface area contributed by atoms with Gasteiger partial charge in [0.2, 0.25) is 0 Å². The standard InChI is InChI=1S/C20H20N2O2S/c1-15-6-12-20(13-7-15)25(23,24)22-18-10-8-17(9-11-18)21-19-5-3-4-16(2)14-19/h3-14,21-22H,1-2H3. The molecule has 25 heavy (non-hydrogen) atoms. The van der Waals surface area contributed by atoms with Crippen molar-refractivity contribution < 1.29 is 8.42 Å². The van der Waals surface area contributed by atoms with E-state index in [0.717, 1.165) is 16.9 Å². The van der Waals surface area contributed by atoms with Gasteiger partial charge in [-0.2, -0.15) is 0 Å². The van der Waals surface area contributed by atoms with Gasteiger partial charge < -0.3 is 5.32 Å². The van der Waals surface area contributed by atoms with E-state index < -0.39 is 10.0 Å². The van der Waals surface area contributed by atoms with Crippen LogP contribution in [-0.4, -0.2) is 8.42 Å². The van der Waals surface area contributed by atoms with Crippen LogP contribution in [-0.2, 0) is 10.0 Å². The highest BCUT2D eigenvalue weighted by Gasteiger charge is 2.13. The summed E-state index contributed by atoms with van der Waals surface area (Å²) in [5.41, 5.74) is 4.60. The highest BCUT2D eigenvalue weighted by atomic mass is 32.2. The molecule has 5 heteroatoms. The molecule has 0 atom stereocenters. The lowest BCUT2D eigenvalue weighted by Crippen LogP contribution is -2.12. The average Bonchev–Trinajstić information content (AvgIpc) is 2.57. The maximum atomic E-state index is 12.4. The number of rotatable bonds is 5. The van der Waals surface area contributed by atoms with Crippen LogP contribution in [0.1, 0.15) is 11.1 Å². The van der Waals surface area contributed by atoms with E-state index in [1.165, 1.54) is 5.56 Å². The van der Waals surface area contributed by atoms with Gasteiger partial charge in [0, 0.05) is 17.1 Å². The highest BCUT2D eigenvalue weighted by molar-refractivity contribution is 7.92. The van der Waals surface area contributed by atoms with Crippen molar-refractivity contribution in [2.75, 3.05) is 10.0 Å². The number of nitrogens with one attached hydrogen (secondary N) is 2. The lowest BCUT2D eigenvalue weighted by atomic mass is 10.2. The third-order valence-corrected chi connectivity index (χ3v) is 5.17. The van der Waals surface area contributed by atoms with Crippen molar-refractivity contribution in [3.8, 4) is 0 Å². The van der Waals surface area contributed by atoms with Gasteiger partial charge in [0.05, 0.1) is 4.90 Å². The van der Waals surface area contributed by atoms with Gasteiger partial charge in [-0.3, -0.25) is 4.72 Å². The molecule has 0 spiro atoms. The summed E-state index contributed by atoms with van der Waals surface area (Å²) in [6.45, 7) is 3.96. The first-order valence-electron chi connectivity index (χ1n) is 7.96. The molecule has 0 bridgehead atoms. The predicted octanol–water partition coefficient (Wildman–Crippen LogP) is 4.85. The Balaban J connectivity index is 1.73. The maximum Gasteiger partial charge on any atom is 0.261 e. The van der Waals surface area contributed by atoms with Crippen LogP contribution in [0.5, 0.6) is 0 Å². The van der Waals surface area contributed by atoms with Crippen LogP contribution in [0.4, 0.5) is 17.1 Å². The summed E-state index contributed by atoms with van der Waals surface area (Å²) in [6.07, 6.45) is 0. The quantitative estimate of drug-likeness (QED) is 0.690. The minimum absolute atomic E-state index is 0.250. The molecule has 3 aromatic rings. The first-order chi connectivity index (χ1) is 11.9. The number of hydrogen-bond donors (Lipinski definition) is 2. The second kappa shape index (κ2) is 6.99. The van der Waals surface area contributed by atoms with Gasteiger partial charge in [0.1, 0.15) is 0 Å². The van der Waals surface area contributed by atoms with Gasteiger partial charge in [-0.1, -0.05) is 29.8 Å².